The highest BCUT2D eigenvalue weighted by atomic mass is 35.5. The van der Waals surface area contributed by atoms with Crippen LogP contribution in [-0.4, -0.2) is 220 Å². The molecule has 3 heterocycles. The zero-order valence-corrected chi connectivity index (χ0v) is 66.3. The third-order valence-electron chi connectivity index (χ3n) is 18.3. The molecule has 578 valence electrons. The number of carbonyl (C=O) groups is 3. The summed E-state index contributed by atoms with van der Waals surface area (Å²) in [5.41, 5.74) is 5.71. The van der Waals surface area contributed by atoms with Crippen molar-refractivity contribution in [3.8, 4) is 0 Å². The molecule has 3 aliphatic rings. The van der Waals surface area contributed by atoms with Crippen molar-refractivity contribution in [2.24, 2.45) is 0 Å². The number of amides is 2. The Bertz CT molecular complexity index is 4200. The van der Waals surface area contributed by atoms with Crippen molar-refractivity contribution in [2.75, 3.05) is 152 Å². The molecule has 1 unspecified atom stereocenters. The van der Waals surface area contributed by atoms with Gasteiger partial charge in [0.25, 0.3) is 5.91 Å². The van der Waals surface area contributed by atoms with Gasteiger partial charge in [0.2, 0.25) is 26.0 Å². The van der Waals surface area contributed by atoms with Crippen molar-refractivity contribution in [3.63, 3.8) is 0 Å². The molecule has 3 aliphatic heterocycles. The summed E-state index contributed by atoms with van der Waals surface area (Å²) in [6.07, 6.45) is -1.14. The second-order valence-electron chi connectivity index (χ2n) is 26.6. The minimum atomic E-state index is -3.92. The van der Waals surface area contributed by atoms with Crippen molar-refractivity contribution in [3.05, 3.63) is 189 Å². The SMILES string of the molecule is CN1Cc2c(Cl)cc(Cl)cc2[C@H](c2cccc(S(=O)(=O)CCCOCCOCCNC(=O)CC(O)(CC(=O)CCCOCCOCCNS(=O)(=O)c3cccc([C@@H]4CN(C)Cc5c(Cl)cc(Cl)cc54)c3)C(=O)NCCOCCOCCNS(=O)(=O)c3cccc([C@@H]4CN(C)Cc5c(Cl)cc(Cl)cc54)c3)c2)C1. The van der Waals surface area contributed by atoms with E-state index in [0.717, 1.165) is 50.1 Å². The highest BCUT2D eigenvalue weighted by molar-refractivity contribution is 7.91. The highest BCUT2D eigenvalue weighted by Crippen LogP contribution is 2.42. The van der Waals surface area contributed by atoms with Crippen LogP contribution in [0.2, 0.25) is 30.1 Å². The highest BCUT2D eigenvalue weighted by Gasteiger charge is 2.40. The second-order valence-corrected chi connectivity index (χ2v) is 34.8. The van der Waals surface area contributed by atoms with E-state index in [-0.39, 0.29) is 163 Å². The first-order valence-electron chi connectivity index (χ1n) is 34.9. The topological polar surface area (TPSA) is 287 Å². The van der Waals surface area contributed by atoms with Gasteiger partial charge >= 0.3 is 0 Å². The molecule has 0 saturated carbocycles. The van der Waals surface area contributed by atoms with E-state index in [1.165, 1.54) is 12.1 Å². The number of Topliss-reactive ketones (excluding diaryl/α,β-unsaturated/α-hetero) is 1. The van der Waals surface area contributed by atoms with Crippen LogP contribution in [0.4, 0.5) is 0 Å². The number of sulfonamides is 2. The van der Waals surface area contributed by atoms with Crippen LogP contribution in [0.1, 0.15) is 99.9 Å². The summed E-state index contributed by atoms with van der Waals surface area (Å²) in [6, 6.07) is 31.2. The number of ether oxygens (including phenoxy) is 6. The number of likely N-dealkylation sites (N-methyl/N-ethyl adjacent to an activating group) is 3. The lowest BCUT2D eigenvalue weighted by molar-refractivity contribution is -0.149. The normalized spacial score (nSPS) is 17.1. The fourth-order valence-corrected chi connectivity index (χ4v) is 18.4. The number of nitrogens with zero attached hydrogens (tertiary/aromatic N) is 3. The monoisotopic (exact) mass is 1640 g/mol. The van der Waals surface area contributed by atoms with Crippen LogP contribution < -0.4 is 20.1 Å². The Morgan fingerprint density at radius 1 is 0.453 bits per heavy atom. The lowest BCUT2D eigenvalue weighted by Gasteiger charge is -2.33. The maximum Gasteiger partial charge on any atom is 0.253 e. The maximum atomic E-state index is 13.7. The Hall–Kier alpha value is -4.96. The Balaban J connectivity index is 0.673. The zero-order valence-electron chi connectivity index (χ0n) is 59.3. The maximum absolute atomic E-state index is 13.7. The fraction of sp³-hybridized carbons (Fsp3) is 0.473. The van der Waals surface area contributed by atoms with Gasteiger partial charge in [-0.3, -0.25) is 14.4 Å². The third-order valence-corrected chi connectivity index (χ3v) is 24.7. The van der Waals surface area contributed by atoms with Crippen molar-refractivity contribution in [2.45, 2.75) is 89.8 Å². The minimum absolute atomic E-state index is 0.0125. The molecule has 0 aliphatic carbocycles. The molecule has 6 aromatic rings. The van der Waals surface area contributed by atoms with E-state index in [9.17, 15) is 44.7 Å². The van der Waals surface area contributed by atoms with Gasteiger partial charge in [0.1, 0.15) is 5.78 Å². The third kappa shape index (κ3) is 24.5. The molecule has 9 rings (SSSR count). The van der Waals surface area contributed by atoms with Crippen LogP contribution in [0.15, 0.2) is 124 Å². The Morgan fingerprint density at radius 3 is 1.23 bits per heavy atom. The summed E-state index contributed by atoms with van der Waals surface area (Å²) in [7, 11) is -5.55. The second kappa shape index (κ2) is 40.3. The average molecular weight is 1640 g/mol. The lowest BCUT2D eigenvalue weighted by Crippen LogP contribution is -2.51. The summed E-state index contributed by atoms with van der Waals surface area (Å²) in [5, 5.41) is 20.1. The quantitative estimate of drug-likeness (QED) is 0.0223. The van der Waals surface area contributed by atoms with Gasteiger partial charge in [0.15, 0.2) is 15.4 Å². The molecule has 0 aromatic heterocycles. The van der Waals surface area contributed by atoms with E-state index in [1.807, 2.05) is 57.5 Å². The molecule has 6 aromatic carbocycles. The molecule has 23 nitrogen and oxygen atoms in total. The molecule has 5 N–H and O–H groups in total. The van der Waals surface area contributed by atoms with Crippen molar-refractivity contribution in [1.29, 1.82) is 0 Å². The van der Waals surface area contributed by atoms with Crippen molar-refractivity contribution >= 4 is 117 Å². The number of benzene rings is 6. The number of aliphatic hydroxyl groups is 1. The molecule has 4 atom stereocenters. The molecule has 0 radical (unpaired) electrons. The summed E-state index contributed by atoms with van der Waals surface area (Å²) in [5.74, 6) is -2.83. The number of ketones is 1. The van der Waals surface area contributed by atoms with Crippen LogP contribution in [-0.2, 0) is 92.3 Å². The number of sulfone groups is 1. The van der Waals surface area contributed by atoms with Crippen LogP contribution in [0.3, 0.4) is 0 Å². The van der Waals surface area contributed by atoms with E-state index < -0.39 is 65.9 Å². The summed E-state index contributed by atoms with van der Waals surface area (Å²) < 4.78 is 119. The molecule has 0 spiro atoms. The van der Waals surface area contributed by atoms with Gasteiger partial charge in [-0.25, -0.2) is 34.7 Å². The van der Waals surface area contributed by atoms with Crippen LogP contribution >= 0.6 is 69.6 Å². The summed E-state index contributed by atoms with van der Waals surface area (Å²) >= 11 is 38.8. The molecular formula is C74H91Cl6N7O16S3. The van der Waals surface area contributed by atoms with Gasteiger partial charge in [0, 0.05) is 139 Å². The molecule has 0 saturated heterocycles. The number of nitrogens with one attached hydrogen (secondary N) is 4. The first-order chi connectivity index (χ1) is 50.6. The summed E-state index contributed by atoms with van der Waals surface area (Å²) in [4.78, 5) is 47.2. The van der Waals surface area contributed by atoms with Crippen LogP contribution in [0.5, 0.6) is 0 Å². The van der Waals surface area contributed by atoms with Gasteiger partial charge in [-0.15, -0.1) is 0 Å². The van der Waals surface area contributed by atoms with Crippen molar-refractivity contribution < 1.29 is 73.2 Å². The first kappa shape index (κ1) is 85.0. The number of hydrogen-bond acceptors (Lipinski definition) is 19. The standard InChI is InChI=1S/C74H91Cl6N7O16S3/c1-85-44-63(60-36-53(75)39-69(78)66(60)47-85)50-9-4-13-57(33-50)104(92,93)32-8-21-99-27-28-100-22-16-81-72(89)43-74(91,73(90)82-17-23-101-30-31-103-25-19-84-106(96,97)59-15-6-11-52(35-59)65-46-87(3)49-68-62(65)38-55(77)41-71(68)80)42-56(88)12-7-20-98-26-29-102-24-18-83-105(94,95)58-14-5-10-51(34-58)64-45-86(2)48-67-61(64)37-54(76)40-70(67)79/h4-6,9-11,13-15,33-41,63-65,83-84,91H,7-8,12,16-32,42-49H2,1-3H3,(H,81,89)(H,82,90)/t63-,64-,65-,74?/m0/s1. The van der Waals surface area contributed by atoms with E-state index >= 15 is 0 Å². The minimum Gasteiger partial charge on any atom is -0.379 e. The molecular weight excluding hydrogens is 1550 g/mol. The van der Waals surface area contributed by atoms with Gasteiger partial charge in [-0.05, 0) is 157 Å². The van der Waals surface area contributed by atoms with Gasteiger partial charge in [-0.1, -0.05) is 106 Å². The molecule has 32 heteroatoms. The molecule has 106 heavy (non-hydrogen) atoms. The zero-order chi connectivity index (χ0) is 76.2. The number of halogens is 6. The molecule has 0 fully saturated rings. The van der Waals surface area contributed by atoms with Gasteiger partial charge in [0.05, 0.1) is 92.9 Å². The first-order valence-corrected chi connectivity index (χ1v) is 41.7. The van der Waals surface area contributed by atoms with E-state index in [1.54, 1.807) is 60.7 Å². The lowest BCUT2D eigenvalue weighted by atomic mass is 9.85. The predicted octanol–water partition coefficient (Wildman–Crippen LogP) is 9.65. The van der Waals surface area contributed by atoms with E-state index in [4.69, 9.17) is 98.0 Å². The largest absolute Gasteiger partial charge is 0.379 e. The number of rotatable bonds is 42. The Morgan fingerprint density at radius 2 is 0.811 bits per heavy atom. The van der Waals surface area contributed by atoms with Crippen LogP contribution in [0.25, 0.3) is 0 Å². The van der Waals surface area contributed by atoms with Gasteiger partial charge in [-0.2, -0.15) is 0 Å². The molecule has 2 amide bonds. The smallest absolute Gasteiger partial charge is 0.253 e. The van der Waals surface area contributed by atoms with E-state index in [2.05, 4.69) is 34.8 Å². The number of hydrogen-bond donors (Lipinski definition) is 5. The van der Waals surface area contributed by atoms with E-state index in [0.29, 0.717) is 69.4 Å². The van der Waals surface area contributed by atoms with Gasteiger partial charge < -0.3 is 58.9 Å². The fourth-order valence-electron chi connectivity index (χ4n) is 13.2. The number of fused-ring (bicyclic) bond motifs is 3. The number of carbonyl (C=O) groups excluding carboxylic acids is 3. The molecule has 0 bridgehead atoms. The Labute approximate surface area is 651 Å². The summed E-state index contributed by atoms with van der Waals surface area (Å²) in [6.45, 7) is 4.64. The van der Waals surface area contributed by atoms with Crippen LogP contribution in [0, 0.1) is 0 Å². The van der Waals surface area contributed by atoms with Crippen molar-refractivity contribution in [1.82, 2.24) is 34.8 Å². The predicted molar refractivity (Wildman–Crippen MR) is 410 cm³/mol. The average Bonchev–Trinajstić information content (AvgIpc) is 0.782. The Kier molecular flexibility index (Phi) is 32.3.